The molecule has 0 aliphatic heterocycles. The Morgan fingerprint density at radius 3 is 2.50 bits per heavy atom. The lowest BCUT2D eigenvalue weighted by molar-refractivity contribution is -0.414. The molecule has 3 rings (SSSR count). The molecule has 7 nitrogen and oxygen atoms in total. The summed E-state index contributed by atoms with van der Waals surface area (Å²) in [5.41, 5.74) is 9.30. The smallest absolute Gasteiger partial charge is 0.282 e. The van der Waals surface area contributed by atoms with Gasteiger partial charge >= 0.3 is 0 Å². The van der Waals surface area contributed by atoms with Crippen molar-refractivity contribution in [3.05, 3.63) is 47.7 Å². The predicted octanol–water partition coefficient (Wildman–Crippen LogP) is 4.24. The van der Waals surface area contributed by atoms with E-state index in [0.29, 0.717) is 17.2 Å². The van der Waals surface area contributed by atoms with E-state index in [0.717, 1.165) is 40.0 Å². The first-order chi connectivity index (χ1) is 15.3. The number of aryl methyl sites for hydroxylation is 1. The largest absolute Gasteiger partial charge is 0.496 e. The van der Waals surface area contributed by atoms with Crippen molar-refractivity contribution < 1.29 is 24.5 Å². The third-order valence-electron chi connectivity index (χ3n) is 6.11. The van der Waals surface area contributed by atoms with Crippen LogP contribution in [0.5, 0.6) is 11.5 Å². The van der Waals surface area contributed by atoms with Crippen molar-refractivity contribution in [2.45, 2.75) is 40.2 Å². The minimum absolute atomic E-state index is 0.140. The summed E-state index contributed by atoms with van der Waals surface area (Å²) in [4.78, 5) is 12.7. The number of anilines is 1. The van der Waals surface area contributed by atoms with Gasteiger partial charge in [0.25, 0.3) is 5.91 Å². The van der Waals surface area contributed by atoms with Gasteiger partial charge in [0.15, 0.2) is 11.8 Å². The molecule has 3 aromatic rings. The fourth-order valence-electron chi connectivity index (χ4n) is 3.57. The summed E-state index contributed by atoms with van der Waals surface area (Å²) in [6, 6.07) is 9.24. The molecular formula is C25H32N3O4+. The fraction of sp³-hybridized carbons (Fsp3) is 0.360. The number of carbonyl (C=O) groups excluding carboxylic acids is 1. The van der Waals surface area contributed by atoms with E-state index in [1.54, 1.807) is 20.4 Å². The number of rotatable bonds is 8. The number of hydrogen-bond acceptors (Lipinski definition) is 5. The van der Waals surface area contributed by atoms with Crippen LogP contribution >= 0.6 is 0 Å². The van der Waals surface area contributed by atoms with Crippen molar-refractivity contribution in [3.8, 4) is 33.9 Å². The number of quaternary nitrogens is 1. The molecule has 2 unspecified atom stereocenters. The number of methoxy groups -OCH3 is 2. The Labute approximate surface area is 188 Å². The Kier molecular flexibility index (Phi) is 7.20. The molecule has 0 aliphatic carbocycles. The lowest BCUT2D eigenvalue weighted by Gasteiger charge is -2.17. The summed E-state index contributed by atoms with van der Waals surface area (Å²) in [5, 5.41) is 7.01. The van der Waals surface area contributed by atoms with E-state index < -0.39 is 0 Å². The lowest BCUT2D eigenvalue weighted by Crippen LogP contribution is -2.69. The molecule has 2 atom stereocenters. The highest BCUT2D eigenvalue weighted by molar-refractivity contribution is 5.96. The average Bonchev–Trinajstić information content (AvgIpc) is 3.29. The van der Waals surface area contributed by atoms with Gasteiger partial charge in [-0.05, 0) is 61.2 Å². The van der Waals surface area contributed by atoms with E-state index in [2.05, 4.69) is 16.2 Å². The van der Waals surface area contributed by atoms with E-state index in [9.17, 15) is 4.79 Å². The summed E-state index contributed by atoms with van der Waals surface area (Å²) in [7, 11) is 3.23. The number of hydrogen-bond donors (Lipinski definition) is 2. The maximum Gasteiger partial charge on any atom is 0.282 e. The van der Waals surface area contributed by atoms with Gasteiger partial charge in [-0.2, -0.15) is 0 Å². The molecule has 170 valence electrons. The standard InChI is InChI=1S/C25H31N3O4/c1-7-14(2)23(26)25(29)28-20-11-17(8-9-21(20)30-5)19-13-27-32-24(19)18-10-15(3)16(4)22(12-18)31-6/h8-14,23H,7,26H2,1-6H3,(H,28,29)/p+1. The number of nitrogens with one attached hydrogen (secondary N) is 1. The molecule has 0 radical (unpaired) electrons. The second-order valence-corrected chi connectivity index (χ2v) is 8.09. The van der Waals surface area contributed by atoms with Crippen LogP contribution in [0.15, 0.2) is 41.1 Å². The van der Waals surface area contributed by atoms with Gasteiger partial charge in [0.1, 0.15) is 11.5 Å². The highest BCUT2D eigenvalue weighted by atomic mass is 16.5. The van der Waals surface area contributed by atoms with Gasteiger partial charge in [-0.25, -0.2) is 0 Å². The second-order valence-electron chi connectivity index (χ2n) is 8.09. The first kappa shape index (κ1) is 23.3. The summed E-state index contributed by atoms with van der Waals surface area (Å²) in [5.74, 6) is 2.03. The van der Waals surface area contributed by atoms with Crippen LogP contribution in [0.2, 0.25) is 0 Å². The van der Waals surface area contributed by atoms with Gasteiger partial charge in [-0.15, -0.1) is 0 Å². The van der Waals surface area contributed by atoms with Gasteiger partial charge in [-0.1, -0.05) is 25.1 Å². The summed E-state index contributed by atoms with van der Waals surface area (Å²) >= 11 is 0. The predicted molar refractivity (Wildman–Crippen MR) is 125 cm³/mol. The first-order valence-corrected chi connectivity index (χ1v) is 10.7. The molecule has 1 amide bonds. The van der Waals surface area contributed by atoms with Crippen molar-refractivity contribution >= 4 is 11.6 Å². The van der Waals surface area contributed by atoms with E-state index in [-0.39, 0.29) is 17.9 Å². The number of ether oxygens (including phenoxy) is 2. The highest BCUT2D eigenvalue weighted by Crippen LogP contribution is 2.38. The number of nitrogens with zero attached hydrogens (tertiary/aromatic N) is 1. The zero-order valence-electron chi connectivity index (χ0n) is 19.6. The van der Waals surface area contributed by atoms with Crippen LogP contribution in [0, 0.1) is 19.8 Å². The van der Waals surface area contributed by atoms with E-state index >= 15 is 0 Å². The van der Waals surface area contributed by atoms with Gasteiger partial charge in [0, 0.05) is 17.0 Å². The van der Waals surface area contributed by atoms with Crippen molar-refractivity contribution in [2.24, 2.45) is 5.92 Å². The van der Waals surface area contributed by atoms with Crippen LogP contribution in [0.4, 0.5) is 5.69 Å². The fourth-order valence-corrected chi connectivity index (χ4v) is 3.57. The van der Waals surface area contributed by atoms with Gasteiger partial charge < -0.3 is 25.0 Å². The first-order valence-electron chi connectivity index (χ1n) is 10.7. The Hall–Kier alpha value is -3.32. The Balaban J connectivity index is 2.01. The van der Waals surface area contributed by atoms with Crippen molar-refractivity contribution in [1.29, 1.82) is 0 Å². The number of aromatic nitrogens is 1. The summed E-state index contributed by atoms with van der Waals surface area (Å²) in [6.45, 7) is 8.12. The molecule has 0 saturated carbocycles. The topological polar surface area (TPSA) is 101 Å². The molecule has 7 heteroatoms. The monoisotopic (exact) mass is 438 g/mol. The highest BCUT2D eigenvalue weighted by Gasteiger charge is 2.25. The summed E-state index contributed by atoms with van der Waals surface area (Å²) < 4.78 is 16.6. The average molecular weight is 439 g/mol. The zero-order valence-corrected chi connectivity index (χ0v) is 19.6. The maximum absolute atomic E-state index is 12.7. The third kappa shape index (κ3) is 4.62. The zero-order chi connectivity index (χ0) is 23.4. The number of benzene rings is 2. The Morgan fingerprint density at radius 1 is 1.12 bits per heavy atom. The normalized spacial score (nSPS) is 12.8. The molecule has 1 aromatic heterocycles. The second kappa shape index (κ2) is 9.87. The van der Waals surface area contributed by atoms with E-state index in [1.165, 1.54) is 0 Å². The van der Waals surface area contributed by atoms with Gasteiger partial charge in [0.05, 0.1) is 26.1 Å². The van der Waals surface area contributed by atoms with Gasteiger partial charge in [0.2, 0.25) is 0 Å². The molecular weight excluding hydrogens is 406 g/mol. The molecule has 4 N–H and O–H groups in total. The molecule has 1 heterocycles. The van der Waals surface area contributed by atoms with Crippen molar-refractivity contribution in [1.82, 2.24) is 5.16 Å². The SMILES string of the molecule is CCC(C)C([NH3+])C(=O)Nc1cc(-c2cnoc2-c2cc(C)c(C)c(OC)c2)ccc1OC. The van der Waals surface area contributed by atoms with E-state index in [1.807, 2.05) is 58.0 Å². The third-order valence-corrected chi connectivity index (χ3v) is 6.11. The van der Waals surface area contributed by atoms with Crippen molar-refractivity contribution in [3.63, 3.8) is 0 Å². The lowest BCUT2D eigenvalue weighted by atomic mass is 9.98. The molecule has 0 aliphatic rings. The Bertz CT molecular complexity index is 1110. The molecule has 32 heavy (non-hydrogen) atoms. The number of amides is 1. The van der Waals surface area contributed by atoms with Crippen LogP contribution in [-0.4, -0.2) is 31.3 Å². The van der Waals surface area contributed by atoms with Crippen LogP contribution in [0.1, 0.15) is 31.4 Å². The minimum Gasteiger partial charge on any atom is -0.496 e. The maximum atomic E-state index is 12.7. The van der Waals surface area contributed by atoms with Crippen LogP contribution in [0.25, 0.3) is 22.5 Å². The van der Waals surface area contributed by atoms with Crippen LogP contribution in [0.3, 0.4) is 0 Å². The van der Waals surface area contributed by atoms with Gasteiger partial charge in [-0.3, -0.25) is 4.79 Å². The number of carbonyl (C=O) groups is 1. The molecule has 0 spiro atoms. The van der Waals surface area contributed by atoms with Crippen LogP contribution in [-0.2, 0) is 4.79 Å². The quantitative estimate of drug-likeness (QED) is 0.548. The van der Waals surface area contributed by atoms with Crippen molar-refractivity contribution in [2.75, 3.05) is 19.5 Å². The molecule has 2 aromatic carbocycles. The molecule has 0 bridgehead atoms. The van der Waals surface area contributed by atoms with E-state index in [4.69, 9.17) is 14.0 Å². The Morgan fingerprint density at radius 2 is 1.84 bits per heavy atom. The minimum atomic E-state index is -0.359. The summed E-state index contributed by atoms with van der Waals surface area (Å²) in [6.07, 6.45) is 2.55. The van der Waals surface area contributed by atoms with Crippen LogP contribution < -0.4 is 20.5 Å². The molecule has 0 saturated heterocycles. The molecule has 0 fully saturated rings.